The van der Waals surface area contributed by atoms with Crippen molar-refractivity contribution < 1.29 is 33.4 Å². The maximum Gasteiger partial charge on any atom is 0.519 e. The monoisotopic (exact) mass is 661 g/mol. The Balaban J connectivity index is 1.39. The summed E-state index contributed by atoms with van der Waals surface area (Å²) in [6.07, 6.45) is 2.21. The molecule has 0 saturated carbocycles. The summed E-state index contributed by atoms with van der Waals surface area (Å²) in [5.74, 6) is -0.484. The van der Waals surface area contributed by atoms with Crippen LogP contribution in [0.2, 0.25) is 0 Å². The molecule has 0 amide bonds. The smallest absolute Gasteiger partial charge is 0.453 e. The summed E-state index contributed by atoms with van der Waals surface area (Å²) in [4.78, 5) is 44.9. The first-order valence-electron chi connectivity index (χ1n) is 15.4. The second-order valence-electron chi connectivity index (χ2n) is 11.5. The van der Waals surface area contributed by atoms with E-state index in [0.717, 1.165) is 28.7 Å². The standard InChI is InChI=1S/C32H35N7O9/c1-4-9-26-33-28(32(2,3)42)27(30(40)45-19-25-24(47-31(41)48-25)12-7-8-17-46-39(43)44)38(26)18-20-13-15-21(16-14-20)22-10-5-6-11-23(22)29-34-36-37-35-29/h5-6,10-11,13-16,42H,4,7-9,12,17-19H2,1-3H3,(H,34,35,36,37). The molecule has 2 N–H and O–H groups in total. The molecule has 3 aromatic heterocycles. The number of hydrogen-bond donors (Lipinski definition) is 2. The molecular weight excluding hydrogens is 626 g/mol. The molecule has 3 heterocycles. The molecule has 0 unspecified atom stereocenters. The van der Waals surface area contributed by atoms with E-state index < -0.39 is 29.1 Å². The van der Waals surface area contributed by atoms with Crippen molar-refractivity contribution in [3.63, 3.8) is 0 Å². The lowest BCUT2D eigenvalue weighted by Gasteiger charge is -2.18. The third-order valence-electron chi connectivity index (χ3n) is 7.47. The Hall–Kier alpha value is -5.64. The van der Waals surface area contributed by atoms with Crippen LogP contribution in [0.4, 0.5) is 0 Å². The van der Waals surface area contributed by atoms with Crippen molar-refractivity contribution in [3.8, 4) is 22.5 Å². The zero-order valence-corrected chi connectivity index (χ0v) is 26.7. The summed E-state index contributed by atoms with van der Waals surface area (Å²) in [6, 6.07) is 15.5. The van der Waals surface area contributed by atoms with E-state index in [-0.39, 0.29) is 42.5 Å². The van der Waals surface area contributed by atoms with Crippen LogP contribution in [0.3, 0.4) is 0 Å². The molecule has 16 nitrogen and oxygen atoms in total. The highest BCUT2D eigenvalue weighted by Gasteiger charge is 2.33. The highest BCUT2D eigenvalue weighted by molar-refractivity contribution is 5.89. The third-order valence-corrected chi connectivity index (χ3v) is 7.47. The second kappa shape index (κ2) is 14.8. The van der Waals surface area contributed by atoms with Gasteiger partial charge < -0.3 is 28.1 Å². The van der Waals surface area contributed by atoms with Gasteiger partial charge in [-0.05, 0) is 55.0 Å². The molecule has 0 fully saturated rings. The average Bonchev–Trinajstić information content (AvgIpc) is 3.80. The molecule has 0 aliphatic carbocycles. The zero-order valence-electron chi connectivity index (χ0n) is 26.7. The summed E-state index contributed by atoms with van der Waals surface area (Å²) in [5, 5.41) is 34.9. The number of esters is 1. The largest absolute Gasteiger partial charge is 0.519 e. The molecular formula is C32H35N7O9. The van der Waals surface area contributed by atoms with Gasteiger partial charge in [-0.2, -0.15) is 5.21 Å². The van der Waals surface area contributed by atoms with Crippen LogP contribution in [-0.2, 0) is 41.2 Å². The summed E-state index contributed by atoms with van der Waals surface area (Å²) in [6.45, 7) is 4.80. The highest BCUT2D eigenvalue weighted by atomic mass is 16.9. The SMILES string of the molecule is CCCc1nc(C(C)(C)O)c(C(=O)OCc2oc(=O)oc2CCCCO[N+](=O)[O-])n1Cc1ccc(-c2ccccc2-c2nn[nH]n2)cc1. The Morgan fingerprint density at radius 1 is 1.06 bits per heavy atom. The number of unbranched alkanes of at least 4 members (excludes halogenated alkanes) is 1. The second-order valence-corrected chi connectivity index (χ2v) is 11.5. The number of aromatic nitrogens is 6. The fraction of sp³-hybridized carbons (Fsp3) is 0.375. The number of benzene rings is 2. The first kappa shape index (κ1) is 33.7. The Morgan fingerprint density at radius 3 is 2.46 bits per heavy atom. The van der Waals surface area contributed by atoms with E-state index >= 15 is 0 Å². The minimum absolute atomic E-state index is 0.0184. The maximum absolute atomic E-state index is 13.7. The minimum atomic E-state index is -1.48. The molecule has 252 valence electrons. The molecule has 0 radical (unpaired) electrons. The summed E-state index contributed by atoms with van der Waals surface area (Å²) in [5.41, 5.74) is 2.28. The van der Waals surface area contributed by atoms with Gasteiger partial charge in [0.1, 0.15) is 17.1 Å². The van der Waals surface area contributed by atoms with Gasteiger partial charge in [-0.1, -0.05) is 55.5 Å². The number of H-pyrrole nitrogens is 1. The maximum atomic E-state index is 13.7. The Bertz CT molecular complexity index is 1900. The topological polar surface area (TPSA) is 215 Å². The summed E-state index contributed by atoms with van der Waals surface area (Å²) in [7, 11) is 0. The van der Waals surface area contributed by atoms with Gasteiger partial charge in [0.2, 0.25) is 5.82 Å². The fourth-order valence-corrected chi connectivity index (χ4v) is 5.26. The first-order chi connectivity index (χ1) is 23.0. The van der Waals surface area contributed by atoms with E-state index in [1.807, 2.05) is 55.5 Å². The number of aromatic amines is 1. The van der Waals surface area contributed by atoms with Gasteiger partial charge in [-0.15, -0.1) is 20.3 Å². The number of imidazole rings is 1. The van der Waals surface area contributed by atoms with E-state index in [1.54, 1.807) is 4.57 Å². The highest BCUT2D eigenvalue weighted by Crippen LogP contribution is 2.31. The van der Waals surface area contributed by atoms with Crippen LogP contribution in [0.1, 0.15) is 79.1 Å². The van der Waals surface area contributed by atoms with Crippen molar-refractivity contribution in [1.82, 2.24) is 30.2 Å². The number of rotatable bonds is 16. The molecule has 0 atom stereocenters. The van der Waals surface area contributed by atoms with Crippen molar-refractivity contribution in [2.45, 2.75) is 71.6 Å². The molecule has 0 spiro atoms. The number of nitrogens with one attached hydrogen (secondary N) is 1. The van der Waals surface area contributed by atoms with E-state index in [0.29, 0.717) is 30.9 Å². The number of nitrogens with zero attached hydrogens (tertiary/aromatic N) is 6. The lowest BCUT2D eigenvalue weighted by atomic mass is 9.98. The Morgan fingerprint density at radius 2 is 1.79 bits per heavy atom. The van der Waals surface area contributed by atoms with Crippen LogP contribution in [0.5, 0.6) is 0 Å². The normalized spacial score (nSPS) is 11.5. The van der Waals surface area contributed by atoms with Crippen LogP contribution in [0.25, 0.3) is 22.5 Å². The number of ether oxygens (including phenoxy) is 1. The fourth-order valence-electron chi connectivity index (χ4n) is 5.26. The van der Waals surface area contributed by atoms with E-state index in [9.17, 15) is 24.8 Å². The van der Waals surface area contributed by atoms with E-state index in [2.05, 4.69) is 30.4 Å². The number of aliphatic hydroxyl groups is 1. The molecule has 0 aliphatic rings. The summed E-state index contributed by atoms with van der Waals surface area (Å²) < 4.78 is 17.6. The number of tetrazole rings is 1. The predicted molar refractivity (Wildman–Crippen MR) is 168 cm³/mol. The van der Waals surface area contributed by atoms with E-state index in [1.165, 1.54) is 13.8 Å². The molecule has 2 aromatic carbocycles. The molecule has 48 heavy (non-hydrogen) atoms. The summed E-state index contributed by atoms with van der Waals surface area (Å²) >= 11 is 0. The van der Waals surface area contributed by atoms with Crippen LogP contribution in [0, 0.1) is 10.1 Å². The Labute approximate surface area is 273 Å². The molecule has 16 heteroatoms. The third kappa shape index (κ3) is 8.01. The van der Waals surface area contributed by atoms with Crippen LogP contribution >= 0.6 is 0 Å². The van der Waals surface area contributed by atoms with Crippen LogP contribution in [-0.4, -0.2) is 52.9 Å². The van der Waals surface area contributed by atoms with Gasteiger partial charge in [-0.3, -0.25) is 0 Å². The molecule has 0 aliphatic heterocycles. The van der Waals surface area contributed by atoms with E-state index in [4.69, 9.17) is 13.6 Å². The number of hydrogen-bond acceptors (Lipinski definition) is 13. The van der Waals surface area contributed by atoms with Crippen LogP contribution in [0.15, 0.2) is 62.2 Å². The van der Waals surface area contributed by atoms with Gasteiger partial charge in [0, 0.05) is 24.9 Å². The number of carbonyl (C=O) groups excluding carboxylic acids is 1. The van der Waals surface area contributed by atoms with Crippen molar-refractivity contribution in [2.75, 3.05) is 6.61 Å². The average molecular weight is 662 g/mol. The Kier molecular flexibility index (Phi) is 10.4. The lowest BCUT2D eigenvalue weighted by molar-refractivity contribution is -0.757. The molecule has 0 bridgehead atoms. The van der Waals surface area contributed by atoms with Gasteiger partial charge in [0.05, 0.1) is 6.61 Å². The van der Waals surface area contributed by atoms with Gasteiger partial charge in [0.15, 0.2) is 23.8 Å². The number of carbonyl (C=O) groups is 1. The minimum Gasteiger partial charge on any atom is -0.453 e. The molecule has 5 aromatic rings. The lowest BCUT2D eigenvalue weighted by Crippen LogP contribution is -2.23. The van der Waals surface area contributed by atoms with Crippen molar-refractivity contribution in [3.05, 3.63) is 104 Å². The number of aryl methyl sites for hydroxylation is 2. The quantitative estimate of drug-likeness (QED) is 0.0650. The molecule has 5 rings (SSSR count). The van der Waals surface area contributed by atoms with Crippen molar-refractivity contribution >= 4 is 5.97 Å². The van der Waals surface area contributed by atoms with Gasteiger partial charge in [-0.25, -0.2) is 14.6 Å². The van der Waals surface area contributed by atoms with Gasteiger partial charge in [0.25, 0.3) is 5.09 Å². The van der Waals surface area contributed by atoms with Crippen molar-refractivity contribution in [1.29, 1.82) is 0 Å². The first-order valence-corrected chi connectivity index (χ1v) is 15.4. The van der Waals surface area contributed by atoms with Crippen LogP contribution < -0.4 is 5.82 Å². The van der Waals surface area contributed by atoms with Gasteiger partial charge >= 0.3 is 11.8 Å². The van der Waals surface area contributed by atoms with Crippen molar-refractivity contribution in [2.24, 2.45) is 0 Å². The zero-order chi connectivity index (χ0) is 34.3. The molecule has 0 saturated heterocycles. The predicted octanol–water partition coefficient (Wildman–Crippen LogP) is 4.39.